The Morgan fingerprint density at radius 2 is 1.91 bits per heavy atom. The maximum atomic E-state index is 6.16. The minimum Gasteiger partial charge on any atom is -0.484 e. The predicted octanol–water partition coefficient (Wildman–Crippen LogP) is 4.84. The summed E-state index contributed by atoms with van der Waals surface area (Å²) in [6.45, 7) is 4.25. The summed E-state index contributed by atoms with van der Waals surface area (Å²) >= 11 is 6.16. The highest BCUT2D eigenvalue weighted by atomic mass is 35.5. The molecule has 4 nitrogen and oxygen atoms in total. The molecule has 0 spiro atoms. The second kappa shape index (κ2) is 6.84. The zero-order chi connectivity index (χ0) is 16.2. The minimum absolute atomic E-state index is 0.230. The molecule has 1 aromatic heterocycles. The monoisotopic (exact) mass is 328 g/mol. The van der Waals surface area contributed by atoms with E-state index in [4.69, 9.17) is 20.8 Å². The van der Waals surface area contributed by atoms with Gasteiger partial charge in [-0.3, -0.25) is 0 Å². The number of rotatable bonds is 5. The lowest BCUT2D eigenvalue weighted by atomic mass is 10.1. The van der Waals surface area contributed by atoms with Crippen LogP contribution in [0.5, 0.6) is 5.75 Å². The smallest absolute Gasteiger partial charge is 0.254 e. The van der Waals surface area contributed by atoms with Crippen molar-refractivity contribution in [3.63, 3.8) is 0 Å². The highest BCUT2D eigenvalue weighted by molar-refractivity contribution is 6.31. The van der Waals surface area contributed by atoms with E-state index in [1.807, 2.05) is 49.4 Å². The molecule has 0 fully saturated rings. The quantitative estimate of drug-likeness (QED) is 0.672. The van der Waals surface area contributed by atoms with Gasteiger partial charge in [-0.05, 0) is 48.7 Å². The Morgan fingerprint density at radius 3 is 2.65 bits per heavy atom. The first kappa shape index (κ1) is 15.6. The molecular formula is C18H17ClN2O2. The van der Waals surface area contributed by atoms with Gasteiger partial charge in [-0.2, -0.15) is 0 Å². The van der Waals surface area contributed by atoms with E-state index in [1.54, 1.807) is 0 Å². The topological polar surface area (TPSA) is 48.2 Å². The van der Waals surface area contributed by atoms with Gasteiger partial charge in [0.15, 0.2) is 6.61 Å². The Kier molecular flexibility index (Phi) is 4.63. The molecule has 2 aromatic carbocycles. The van der Waals surface area contributed by atoms with Crippen molar-refractivity contribution in [1.29, 1.82) is 0 Å². The van der Waals surface area contributed by atoms with Gasteiger partial charge in [0.1, 0.15) is 5.75 Å². The van der Waals surface area contributed by atoms with Crippen molar-refractivity contribution in [2.24, 2.45) is 0 Å². The first-order valence-electron chi connectivity index (χ1n) is 7.47. The van der Waals surface area contributed by atoms with E-state index < -0.39 is 0 Å². The average Bonchev–Trinajstić information content (AvgIpc) is 3.05. The average molecular weight is 329 g/mol. The van der Waals surface area contributed by atoms with Crippen LogP contribution in [0.25, 0.3) is 11.5 Å². The van der Waals surface area contributed by atoms with E-state index in [-0.39, 0.29) is 6.61 Å². The van der Waals surface area contributed by atoms with Gasteiger partial charge in [-0.15, -0.1) is 10.2 Å². The van der Waals surface area contributed by atoms with Gasteiger partial charge in [-0.25, -0.2) is 0 Å². The molecule has 0 unspecified atom stereocenters. The standard InChI is InChI=1S/C18H17ClN2O2/c1-3-13-10-15(19)12(2)9-16(13)22-11-17-20-21-18(23-17)14-7-5-4-6-8-14/h4-10H,3,11H2,1-2H3. The van der Waals surface area contributed by atoms with Crippen LogP contribution in [0.15, 0.2) is 46.9 Å². The van der Waals surface area contributed by atoms with Crippen LogP contribution in [0, 0.1) is 6.92 Å². The molecule has 5 heteroatoms. The molecular weight excluding hydrogens is 312 g/mol. The van der Waals surface area contributed by atoms with Gasteiger partial charge < -0.3 is 9.15 Å². The SMILES string of the molecule is CCc1cc(Cl)c(C)cc1OCc1nnc(-c2ccccc2)o1. The Labute approximate surface area is 140 Å². The summed E-state index contributed by atoms with van der Waals surface area (Å²) in [5, 5.41) is 8.84. The van der Waals surface area contributed by atoms with Crippen LogP contribution in [0.4, 0.5) is 0 Å². The molecule has 0 aliphatic carbocycles. The van der Waals surface area contributed by atoms with Crippen LogP contribution in [0.2, 0.25) is 5.02 Å². The minimum atomic E-state index is 0.230. The summed E-state index contributed by atoms with van der Waals surface area (Å²) in [7, 11) is 0. The normalized spacial score (nSPS) is 10.7. The zero-order valence-corrected chi connectivity index (χ0v) is 13.8. The molecule has 0 aliphatic heterocycles. The number of nitrogens with zero attached hydrogens (tertiary/aromatic N) is 2. The number of hydrogen-bond acceptors (Lipinski definition) is 4. The highest BCUT2D eigenvalue weighted by Gasteiger charge is 2.11. The Balaban J connectivity index is 1.74. The third-order valence-electron chi connectivity index (χ3n) is 3.56. The van der Waals surface area contributed by atoms with Crippen LogP contribution >= 0.6 is 11.6 Å². The van der Waals surface area contributed by atoms with E-state index in [1.165, 1.54) is 0 Å². The molecule has 1 heterocycles. The fourth-order valence-electron chi connectivity index (χ4n) is 2.26. The molecule has 0 radical (unpaired) electrons. The third-order valence-corrected chi connectivity index (χ3v) is 3.97. The molecule has 0 aliphatic rings. The maximum absolute atomic E-state index is 6.16. The molecule has 118 valence electrons. The second-order valence-corrected chi connectivity index (χ2v) is 5.63. The Bertz CT molecular complexity index is 800. The number of aromatic nitrogens is 2. The summed E-state index contributed by atoms with van der Waals surface area (Å²) in [5.74, 6) is 1.74. The number of ether oxygens (including phenoxy) is 1. The maximum Gasteiger partial charge on any atom is 0.254 e. The summed E-state index contributed by atoms with van der Waals surface area (Å²) in [4.78, 5) is 0. The first-order chi connectivity index (χ1) is 11.2. The molecule has 23 heavy (non-hydrogen) atoms. The van der Waals surface area contributed by atoms with Crippen molar-refractivity contribution < 1.29 is 9.15 Å². The number of aryl methyl sites for hydroxylation is 2. The highest BCUT2D eigenvalue weighted by Crippen LogP contribution is 2.28. The molecule has 3 rings (SSSR count). The van der Waals surface area contributed by atoms with Crippen molar-refractivity contribution in [2.45, 2.75) is 26.9 Å². The Hall–Kier alpha value is -2.33. The molecule has 0 N–H and O–H groups in total. The van der Waals surface area contributed by atoms with E-state index in [2.05, 4.69) is 17.1 Å². The van der Waals surface area contributed by atoms with Crippen molar-refractivity contribution in [1.82, 2.24) is 10.2 Å². The fraction of sp³-hybridized carbons (Fsp3) is 0.222. The molecule has 0 saturated carbocycles. The predicted molar refractivity (Wildman–Crippen MR) is 89.6 cm³/mol. The molecule has 0 bridgehead atoms. The number of benzene rings is 2. The van der Waals surface area contributed by atoms with Gasteiger partial charge in [0.05, 0.1) is 0 Å². The largest absolute Gasteiger partial charge is 0.484 e. The fourth-order valence-corrected chi connectivity index (χ4v) is 2.44. The van der Waals surface area contributed by atoms with Crippen LogP contribution in [-0.2, 0) is 13.0 Å². The zero-order valence-electron chi connectivity index (χ0n) is 13.0. The van der Waals surface area contributed by atoms with Crippen LogP contribution in [0.1, 0.15) is 23.9 Å². The van der Waals surface area contributed by atoms with Crippen LogP contribution < -0.4 is 4.74 Å². The molecule has 0 saturated heterocycles. The Morgan fingerprint density at radius 1 is 1.13 bits per heavy atom. The first-order valence-corrected chi connectivity index (χ1v) is 7.84. The summed E-state index contributed by atoms with van der Waals surface area (Å²) in [5.41, 5.74) is 2.93. The number of halogens is 1. The summed E-state index contributed by atoms with van der Waals surface area (Å²) in [6, 6.07) is 13.5. The van der Waals surface area contributed by atoms with Gasteiger partial charge in [0.2, 0.25) is 5.89 Å². The van der Waals surface area contributed by atoms with Crippen molar-refractivity contribution in [3.05, 3.63) is 64.5 Å². The van der Waals surface area contributed by atoms with Crippen LogP contribution in [0.3, 0.4) is 0 Å². The van der Waals surface area contributed by atoms with E-state index in [0.29, 0.717) is 11.8 Å². The van der Waals surface area contributed by atoms with E-state index in [9.17, 15) is 0 Å². The molecule has 0 atom stereocenters. The van der Waals surface area contributed by atoms with Crippen molar-refractivity contribution in [2.75, 3.05) is 0 Å². The summed E-state index contributed by atoms with van der Waals surface area (Å²) in [6.07, 6.45) is 0.842. The van der Waals surface area contributed by atoms with Gasteiger partial charge in [-0.1, -0.05) is 36.7 Å². The lowest BCUT2D eigenvalue weighted by Crippen LogP contribution is -1.99. The van der Waals surface area contributed by atoms with Gasteiger partial charge in [0, 0.05) is 10.6 Å². The number of hydrogen-bond donors (Lipinski definition) is 0. The van der Waals surface area contributed by atoms with Crippen LogP contribution in [-0.4, -0.2) is 10.2 Å². The molecule has 3 aromatic rings. The van der Waals surface area contributed by atoms with Crippen molar-refractivity contribution in [3.8, 4) is 17.2 Å². The van der Waals surface area contributed by atoms with Gasteiger partial charge in [0.25, 0.3) is 5.89 Å². The molecule has 0 amide bonds. The third kappa shape index (κ3) is 3.54. The lowest BCUT2D eigenvalue weighted by Gasteiger charge is -2.11. The summed E-state index contributed by atoms with van der Waals surface area (Å²) < 4.78 is 11.5. The van der Waals surface area contributed by atoms with E-state index >= 15 is 0 Å². The van der Waals surface area contributed by atoms with E-state index in [0.717, 1.165) is 33.9 Å². The van der Waals surface area contributed by atoms with Crippen molar-refractivity contribution >= 4 is 11.6 Å². The second-order valence-electron chi connectivity index (χ2n) is 5.22. The van der Waals surface area contributed by atoms with Gasteiger partial charge >= 0.3 is 0 Å². The lowest BCUT2D eigenvalue weighted by molar-refractivity contribution is 0.262.